The minimum atomic E-state index is -1.85. The number of rotatable bonds is 4. The van der Waals surface area contributed by atoms with Gasteiger partial charge in [-0.1, -0.05) is 6.07 Å². The number of ether oxygens (including phenoxy) is 1. The van der Waals surface area contributed by atoms with E-state index in [1.807, 2.05) is 6.07 Å². The quantitative estimate of drug-likeness (QED) is 0.247. The van der Waals surface area contributed by atoms with Gasteiger partial charge in [-0.25, -0.2) is 13.6 Å². The molecule has 2 aromatic carbocycles. The van der Waals surface area contributed by atoms with Crippen LogP contribution in [0.15, 0.2) is 28.7 Å². The second kappa shape index (κ2) is 8.34. The van der Waals surface area contributed by atoms with Crippen LogP contribution in [0.4, 0.5) is 25.0 Å². The van der Waals surface area contributed by atoms with Crippen molar-refractivity contribution in [3.63, 3.8) is 0 Å². The van der Waals surface area contributed by atoms with Crippen molar-refractivity contribution >= 4 is 33.4 Å². The number of aryl methyl sites for hydroxylation is 1. The van der Waals surface area contributed by atoms with Crippen molar-refractivity contribution in [3.8, 4) is 0 Å². The number of amides is 1. The number of nitrogens with zero attached hydrogens (tertiary/aromatic N) is 1. The molecule has 1 amide bonds. The average molecular weight is 501 g/mol. The Morgan fingerprint density at radius 2 is 1.94 bits per heavy atom. The number of carbonyl (C=O) groups is 1. The molecule has 0 radical (unpaired) electrons. The molecule has 1 aliphatic rings. The van der Waals surface area contributed by atoms with E-state index in [9.17, 15) is 24.0 Å². The topological polar surface area (TPSA) is 90.8 Å². The van der Waals surface area contributed by atoms with Gasteiger partial charge >= 0.3 is 6.09 Å². The molecule has 0 spiro atoms. The van der Waals surface area contributed by atoms with Gasteiger partial charge in [0.05, 0.1) is 15.4 Å². The molecule has 0 saturated heterocycles. The SMILES string of the molecule is Cc1cc2c(c([N+](O)(O)Nc3ccc(F)c(Br)c3F)c1)CCC2NC(=O)OC(C)(C)C. The molecule has 0 aromatic heterocycles. The third-order valence-corrected chi connectivity index (χ3v) is 5.53. The molecule has 1 aliphatic carbocycles. The Morgan fingerprint density at radius 1 is 1.26 bits per heavy atom. The summed E-state index contributed by atoms with van der Waals surface area (Å²) >= 11 is 2.79. The molecule has 0 heterocycles. The standard InChI is InChI=1S/C21H24BrF2N3O4/c1-11-9-13-12(5-7-15(13)25-20(28)31-21(2,3)4)17(10-11)27(29,30)26-16-8-6-14(23)18(22)19(16)24/h6,8-10,15,26,29-30H,5,7H2,1-4H3/p+1. The lowest BCUT2D eigenvalue weighted by molar-refractivity contribution is -0.273. The summed E-state index contributed by atoms with van der Waals surface area (Å²) in [4.78, 5) is 10.4. The maximum Gasteiger partial charge on any atom is 0.408 e. The van der Waals surface area contributed by atoms with E-state index >= 15 is 0 Å². The monoisotopic (exact) mass is 500 g/mol. The van der Waals surface area contributed by atoms with Crippen molar-refractivity contribution in [2.45, 2.75) is 52.2 Å². The van der Waals surface area contributed by atoms with Crippen molar-refractivity contribution in [2.75, 3.05) is 5.43 Å². The van der Waals surface area contributed by atoms with E-state index in [0.717, 1.165) is 12.1 Å². The number of hydrogen-bond acceptors (Lipinski definition) is 5. The van der Waals surface area contributed by atoms with E-state index < -0.39 is 32.7 Å². The molecular formula is C21H25BrF2N3O4+. The fourth-order valence-corrected chi connectivity index (χ4v) is 3.92. The first kappa shape index (κ1) is 23.4. The summed E-state index contributed by atoms with van der Waals surface area (Å²) < 4.78 is 32.8. The maximum atomic E-state index is 14.4. The molecular weight excluding hydrogens is 476 g/mol. The maximum absolute atomic E-state index is 14.4. The van der Waals surface area contributed by atoms with Gasteiger partial charge in [0.2, 0.25) is 5.69 Å². The van der Waals surface area contributed by atoms with Crippen LogP contribution in [0.5, 0.6) is 0 Å². The third kappa shape index (κ3) is 5.15. The van der Waals surface area contributed by atoms with E-state index in [1.165, 1.54) is 0 Å². The lowest BCUT2D eigenvalue weighted by Crippen LogP contribution is -2.48. The Morgan fingerprint density at radius 3 is 2.58 bits per heavy atom. The minimum absolute atomic E-state index is 0.0725. The van der Waals surface area contributed by atoms with Gasteiger partial charge in [0.1, 0.15) is 17.1 Å². The fourth-order valence-electron chi connectivity index (χ4n) is 3.57. The molecule has 0 bridgehead atoms. The molecule has 31 heavy (non-hydrogen) atoms. The lowest BCUT2D eigenvalue weighted by atomic mass is 10.0. The van der Waals surface area contributed by atoms with Gasteiger partial charge in [-0.3, -0.25) is 0 Å². The van der Waals surface area contributed by atoms with Crippen LogP contribution in [0.1, 0.15) is 49.9 Å². The Balaban J connectivity index is 1.91. The molecule has 7 nitrogen and oxygen atoms in total. The third-order valence-electron chi connectivity index (χ3n) is 4.80. The first-order chi connectivity index (χ1) is 14.3. The highest BCUT2D eigenvalue weighted by molar-refractivity contribution is 9.10. The lowest BCUT2D eigenvalue weighted by Gasteiger charge is -2.25. The molecule has 4 N–H and O–H groups in total. The fraction of sp³-hybridized carbons (Fsp3) is 0.381. The van der Waals surface area contributed by atoms with Crippen LogP contribution >= 0.6 is 15.9 Å². The summed E-state index contributed by atoms with van der Waals surface area (Å²) in [5.74, 6) is -1.82. The number of nitrogens with one attached hydrogen (secondary N) is 2. The van der Waals surface area contributed by atoms with E-state index in [-0.39, 0.29) is 17.4 Å². The van der Waals surface area contributed by atoms with Crippen LogP contribution in [-0.4, -0.2) is 22.1 Å². The second-order valence-corrected chi connectivity index (χ2v) is 9.32. The number of fused-ring (bicyclic) bond motifs is 1. The highest BCUT2D eigenvalue weighted by Crippen LogP contribution is 2.40. The first-order valence-electron chi connectivity index (χ1n) is 9.68. The zero-order chi connectivity index (χ0) is 23.1. The molecule has 0 saturated carbocycles. The van der Waals surface area contributed by atoms with Crippen molar-refractivity contribution < 1.29 is 28.7 Å². The van der Waals surface area contributed by atoms with Crippen LogP contribution < -0.4 is 15.7 Å². The van der Waals surface area contributed by atoms with Crippen molar-refractivity contribution in [1.82, 2.24) is 10.2 Å². The zero-order valence-corrected chi connectivity index (χ0v) is 19.2. The number of benzene rings is 2. The van der Waals surface area contributed by atoms with Gasteiger partial charge in [-0.05, 0) is 79.7 Å². The molecule has 10 heteroatoms. The summed E-state index contributed by atoms with van der Waals surface area (Å²) in [5, 5.41) is 24.3. The van der Waals surface area contributed by atoms with E-state index in [4.69, 9.17) is 4.74 Å². The van der Waals surface area contributed by atoms with Crippen LogP contribution in [0.25, 0.3) is 0 Å². The summed E-state index contributed by atoms with van der Waals surface area (Å²) in [6.07, 6.45) is 0.407. The number of halogens is 3. The molecule has 2 aromatic rings. The predicted octanol–water partition coefficient (Wildman–Crippen LogP) is 5.66. The van der Waals surface area contributed by atoms with Crippen LogP contribution in [0, 0.1) is 18.6 Å². The molecule has 168 valence electrons. The average Bonchev–Trinajstić information content (AvgIpc) is 3.02. The first-order valence-corrected chi connectivity index (χ1v) is 10.5. The number of alkyl carbamates (subject to hydrolysis) is 1. The largest absolute Gasteiger partial charge is 0.444 e. The molecule has 3 rings (SSSR count). The summed E-state index contributed by atoms with van der Waals surface area (Å²) in [6, 6.07) is 5.09. The van der Waals surface area contributed by atoms with Crippen LogP contribution in [-0.2, 0) is 11.2 Å². The Bertz CT molecular complexity index is 1020. The molecule has 1 atom stereocenters. The Kier molecular flexibility index (Phi) is 6.30. The van der Waals surface area contributed by atoms with Gasteiger partial charge in [0, 0.05) is 11.6 Å². The normalized spacial score (nSPS) is 16.1. The summed E-state index contributed by atoms with van der Waals surface area (Å²) in [5.41, 5.74) is 3.42. The van der Waals surface area contributed by atoms with Gasteiger partial charge < -0.3 is 10.1 Å². The minimum Gasteiger partial charge on any atom is -0.444 e. The predicted molar refractivity (Wildman–Crippen MR) is 115 cm³/mol. The molecule has 0 aliphatic heterocycles. The Hall–Kier alpha value is -2.27. The number of anilines is 1. The highest BCUT2D eigenvalue weighted by Gasteiger charge is 2.38. The Labute approximate surface area is 187 Å². The zero-order valence-electron chi connectivity index (χ0n) is 17.6. The summed E-state index contributed by atoms with van der Waals surface area (Å²) in [7, 11) is 0. The van der Waals surface area contributed by atoms with Crippen molar-refractivity contribution in [1.29, 1.82) is 0 Å². The van der Waals surface area contributed by atoms with Gasteiger partial charge in [0.25, 0.3) is 0 Å². The smallest absolute Gasteiger partial charge is 0.408 e. The van der Waals surface area contributed by atoms with Gasteiger partial charge in [-0.15, -0.1) is 10.4 Å². The van der Waals surface area contributed by atoms with E-state index in [1.54, 1.807) is 33.8 Å². The van der Waals surface area contributed by atoms with Gasteiger partial charge in [0.15, 0.2) is 5.82 Å². The van der Waals surface area contributed by atoms with Crippen LogP contribution in [0.2, 0.25) is 0 Å². The summed E-state index contributed by atoms with van der Waals surface area (Å²) in [6.45, 7) is 7.06. The molecule has 1 unspecified atom stereocenters. The van der Waals surface area contributed by atoms with Gasteiger partial charge in [-0.2, -0.15) is 5.43 Å². The number of hydrogen-bond donors (Lipinski definition) is 4. The molecule has 0 fully saturated rings. The second-order valence-electron chi connectivity index (χ2n) is 8.53. The number of carbonyl (C=O) groups excluding carboxylic acids is 1. The number of quaternary nitrogens is 1. The van der Waals surface area contributed by atoms with E-state index in [2.05, 4.69) is 26.7 Å². The highest BCUT2D eigenvalue weighted by atomic mass is 79.9. The van der Waals surface area contributed by atoms with E-state index in [0.29, 0.717) is 29.5 Å². The van der Waals surface area contributed by atoms with Crippen molar-refractivity contribution in [3.05, 3.63) is 57.1 Å². The van der Waals surface area contributed by atoms with Crippen molar-refractivity contribution in [2.24, 2.45) is 0 Å². The van der Waals surface area contributed by atoms with Crippen LogP contribution in [0.3, 0.4) is 0 Å².